The molecule has 0 bridgehead atoms. The first-order chi connectivity index (χ1) is 10.1. The Kier molecular flexibility index (Phi) is 3.71. The SMILES string of the molecule is Cc1cc(C)c(/C=N\Nc2nc3ccccc3s2)c(C)c1. The molecule has 0 fully saturated rings. The Labute approximate surface area is 128 Å². The van der Waals surface area contributed by atoms with Crippen molar-refractivity contribution < 1.29 is 0 Å². The molecular weight excluding hydrogens is 278 g/mol. The van der Waals surface area contributed by atoms with Crippen LogP contribution in [-0.4, -0.2) is 11.2 Å². The van der Waals surface area contributed by atoms with E-state index < -0.39 is 0 Å². The summed E-state index contributed by atoms with van der Waals surface area (Å²) in [6.45, 7) is 6.33. The first kappa shape index (κ1) is 13.8. The van der Waals surface area contributed by atoms with Crippen LogP contribution in [0.15, 0.2) is 41.5 Å². The molecule has 1 N–H and O–H groups in total. The van der Waals surface area contributed by atoms with Gasteiger partial charge < -0.3 is 0 Å². The summed E-state index contributed by atoms with van der Waals surface area (Å²) in [5.41, 5.74) is 8.95. The smallest absolute Gasteiger partial charge is 0.204 e. The van der Waals surface area contributed by atoms with Gasteiger partial charge in [-0.05, 0) is 44.0 Å². The maximum atomic E-state index is 4.50. The molecule has 0 radical (unpaired) electrons. The minimum atomic E-state index is 0.815. The molecule has 0 aliphatic carbocycles. The molecule has 3 aromatic rings. The van der Waals surface area contributed by atoms with Gasteiger partial charge in [0.2, 0.25) is 5.13 Å². The number of nitrogens with one attached hydrogen (secondary N) is 1. The van der Waals surface area contributed by atoms with E-state index in [0.717, 1.165) is 20.9 Å². The molecule has 1 aromatic heterocycles. The van der Waals surface area contributed by atoms with Crippen LogP contribution in [0.4, 0.5) is 5.13 Å². The number of hydrogen-bond donors (Lipinski definition) is 1. The monoisotopic (exact) mass is 295 g/mol. The van der Waals surface area contributed by atoms with E-state index in [4.69, 9.17) is 0 Å². The molecule has 0 spiro atoms. The van der Waals surface area contributed by atoms with Crippen LogP contribution in [0.3, 0.4) is 0 Å². The lowest BCUT2D eigenvalue weighted by atomic mass is 10.0. The van der Waals surface area contributed by atoms with Gasteiger partial charge in [-0.25, -0.2) is 4.98 Å². The van der Waals surface area contributed by atoms with E-state index in [-0.39, 0.29) is 0 Å². The third kappa shape index (κ3) is 2.95. The van der Waals surface area contributed by atoms with E-state index in [0.29, 0.717) is 0 Å². The van der Waals surface area contributed by atoms with E-state index in [1.54, 1.807) is 11.3 Å². The van der Waals surface area contributed by atoms with Crippen molar-refractivity contribution in [3.63, 3.8) is 0 Å². The summed E-state index contributed by atoms with van der Waals surface area (Å²) in [6.07, 6.45) is 1.87. The number of rotatable bonds is 3. The van der Waals surface area contributed by atoms with Gasteiger partial charge >= 0.3 is 0 Å². The quantitative estimate of drug-likeness (QED) is 0.563. The molecule has 2 aromatic carbocycles. The Hall–Kier alpha value is -2.20. The van der Waals surface area contributed by atoms with Crippen molar-refractivity contribution in [3.8, 4) is 0 Å². The molecule has 0 saturated carbocycles. The Morgan fingerprint density at radius 2 is 1.81 bits per heavy atom. The van der Waals surface area contributed by atoms with E-state index in [9.17, 15) is 0 Å². The molecular formula is C17H17N3S. The minimum absolute atomic E-state index is 0.815. The summed E-state index contributed by atoms with van der Waals surface area (Å²) in [5.74, 6) is 0. The van der Waals surface area contributed by atoms with Crippen molar-refractivity contribution in [2.45, 2.75) is 20.8 Å². The number of fused-ring (bicyclic) bond motifs is 1. The number of nitrogens with zero attached hydrogens (tertiary/aromatic N) is 2. The van der Waals surface area contributed by atoms with Crippen molar-refractivity contribution in [3.05, 3.63) is 58.7 Å². The van der Waals surface area contributed by atoms with Crippen molar-refractivity contribution >= 4 is 32.9 Å². The van der Waals surface area contributed by atoms with Crippen LogP contribution in [-0.2, 0) is 0 Å². The van der Waals surface area contributed by atoms with Gasteiger partial charge in [0.15, 0.2) is 0 Å². The summed E-state index contributed by atoms with van der Waals surface area (Å²) in [5, 5.41) is 5.15. The zero-order chi connectivity index (χ0) is 14.8. The Morgan fingerprint density at radius 1 is 1.10 bits per heavy atom. The first-order valence-electron chi connectivity index (χ1n) is 6.86. The summed E-state index contributed by atoms with van der Waals surface area (Å²) in [7, 11) is 0. The van der Waals surface area contributed by atoms with E-state index in [2.05, 4.69) is 54.5 Å². The molecule has 3 rings (SSSR count). The molecule has 0 aliphatic heterocycles. The maximum Gasteiger partial charge on any atom is 0.204 e. The molecule has 0 atom stereocenters. The van der Waals surface area contributed by atoms with Gasteiger partial charge in [-0.1, -0.05) is 41.2 Å². The highest BCUT2D eigenvalue weighted by Gasteiger charge is 2.03. The molecule has 106 valence electrons. The zero-order valence-corrected chi connectivity index (χ0v) is 13.2. The number of hydrogen-bond acceptors (Lipinski definition) is 4. The van der Waals surface area contributed by atoms with Gasteiger partial charge in [0.25, 0.3) is 0 Å². The van der Waals surface area contributed by atoms with Gasteiger partial charge in [-0.2, -0.15) is 5.10 Å². The van der Waals surface area contributed by atoms with Crippen LogP contribution < -0.4 is 5.43 Å². The predicted octanol–water partition coefficient (Wildman–Crippen LogP) is 4.67. The maximum absolute atomic E-state index is 4.50. The highest BCUT2D eigenvalue weighted by molar-refractivity contribution is 7.22. The normalized spacial score (nSPS) is 11.4. The van der Waals surface area contributed by atoms with Crippen LogP contribution in [0.2, 0.25) is 0 Å². The lowest BCUT2D eigenvalue weighted by Gasteiger charge is -2.06. The van der Waals surface area contributed by atoms with E-state index in [1.807, 2.05) is 24.4 Å². The largest absolute Gasteiger partial charge is 0.253 e. The Balaban J connectivity index is 1.81. The fourth-order valence-electron chi connectivity index (χ4n) is 2.47. The van der Waals surface area contributed by atoms with Crippen molar-refractivity contribution in [2.24, 2.45) is 5.10 Å². The molecule has 0 saturated heterocycles. The predicted molar refractivity (Wildman–Crippen MR) is 91.5 cm³/mol. The molecule has 1 heterocycles. The second-order valence-electron chi connectivity index (χ2n) is 5.17. The van der Waals surface area contributed by atoms with E-state index >= 15 is 0 Å². The summed E-state index contributed by atoms with van der Waals surface area (Å²) in [4.78, 5) is 4.50. The van der Waals surface area contributed by atoms with Crippen LogP contribution >= 0.6 is 11.3 Å². The summed E-state index contributed by atoms with van der Waals surface area (Å²) >= 11 is 1.61. The second kappa shape index (κ2) is 5.66. The molecule has 0 aliphatic rings. The van der Waals surface area contributed by atoms with E-state index in [1.165, 1.54) is 16.7 Å². The van der Waals surface area contributed by atoms with Gasteiger partial charge in [-0.3, -0.25) is 5.43 Å². The Bertz CT molecular complexity index is 762. The van der Waals surface area contributed by atoms with Crippen molar-refractivity contribution in [1.82, 2.24) is 4.98 Å². The third-order valence-corrected chi connectivity index (χ3v) is 4.33. The molecule has 21 heavy (non-hydrogen) atoms. The number of benzene rings is 2. The second-order valence-corrected chi connectivity index (χ2v) is 6.20. The number of thiazole rings is 1. The summed E-state index contributed by atoms with van der Waals surface area (Å²) in [6, 6.07) is 12.4. The molecule has 0 unspecified atom stereocenters. The van der Waals surface area contributed by atoms with Gasteiger partial charge in [0.05, 0.1) is 16.4 Å². The lowest BCUT2D eigenvalue weighted by Crippen LogP contribution is -1.96. The van der Waals surface area contributed by atoms with Crippen LogP contribution in [0.5, 0.6) is 0 Å². The highest BCUT2D eigenvalue weighted by Crippen LogP contribution is 2.25. The number of aromatic nitrogens is 1. The van der Waals surface area contributed by atoms with Gasteiger partial charge in [0.1, 0.15) is 0 Å². The third-order valence-electron chi connectivity index (χ3n) is 3.39. The minimum Gasteiger partial charge on any atom is -0.253 e. The van der Waals surface area contributed by atoms with Crippen molar-refractivity contribution in [2.75, 3.05) is 5.43 Å². The van der Waals surface area contributed by atoms with Gasteiger partial charge in [-0.15, -0.1) is 0 Å². The first-order valence-corrected chi connectivity index (χ1v) is 7.67. The van der Waals surface area contributed by atoms with Gasteiger partial charge in [0, 0.05) is 5.56 Å². The molecule has 3 nitrogen and oxygen atoms in total. The fourth-order valence-corrected chi connectivity index (χ4v) is 3.28. The number of para-hydroxylation sites is 1. The average Bonchev–Trinajstić information content (AvgIpc) is 2.84. The zero-order valence-electron chi connectivity index (χ0n) is 12.3. The lowest BCUT2D eigenvalue weighted by molar-refractivity contribution is 1.28. The van der Waals surface area contributed by atoms with Crippen molar-refractivity contribution in [1.29, 1.82) is 0 Å². The van der Waals surface area contributed by atoms with Crippen LogP contribution in [0.1, 0.15) is 22.3 Å². The molecule has 4 heteroatoms. The average molecular weight is 295 g/mol. The number of hydrazone groups is 1. The van der Waals surface area contributed by atoms with Crippen LogP contribution in [0.25, 0.3) is 10.2 Å². The molecule has 0 amide bonds. The number of aryl methyl sites for hydroxylation is 3. The highest BCUT2D eigenvalue weighted by atomic mass is 32.1. The Morgan fingerprint density at radius 3 is 2.52 bits per heavy atom. The summed E-state index contributed by atoms with van der Waals surface area (Å²) < 4.78 is 1.16. The standard InChI is InChI=1S/C17H17N3S/c1-11-8-12(2)14(13(3)9-11)10-18-20-17-19-15-6-4-5-7-16(15)21-17/h4-10H,1-3H3,(H,19,20)/b18-10-. The number of anilines is 1. The van der Waals surface area contributed by atoms with Crippen LogP contribution in [0, 0.1) is 20.8 Å². The topological polar surface area (TPSA) is 37.3 Å². The fraction of sp³-hybridized carbons (Fsp3) is 0.176.